The smallest absolute Gasteiger partial charge is 0.177 e. The van der Waals surface area contributed by atoms with Crippen molar-refractivity contribution in [2.75, 3.05) is 6.61 Å². The van der Waals surface area contributed by atoms with E-state index in [2.05, 4.69) is 20.4 Å². The third kappa shape index (κ3) is 1.12. The summed E-state index contributed by atoms with van der Waals surface area (Å²) in [4.78, 5) is 0. The molecule has 3 aliphatic rings. The highest BCUT2D eigenvalue weighted by molar-refractivity contribution is 5.13. The Morgan fingerprint density at radius 1 is 1.33 bits per heavy atom. The zero-order valence-electron chi connectivity index (χ0n) is 9.66. The summed E-state index contributed by atoms with van der Waals surface area (Å²) < 4.78 is 11.7. The van der Waals surface area contributed by atoms with Gasteiger partial charge >= 0.3 is 0 Å². The average molecular weight is 208 g/mol. The molecule has 2 saturated carbocycles. The van der Waals surface area contributed by atoms with E-state index in [9.17, 15) is 0 Å². The number of fused-ring (bicyclic) bond motifs is 3. The minimum atomic E-state index is -0.167. The normalized spacial score (nSPS) is 51.5. The molecule has 1 saturated heterocycles. The minimum absolute atomic E-state index is 0.0191. The van der Waals surface area contributed by atoms with Gasteiger partial charge in [-0.25, -0.2) is 0 Å². The number of rotatable bonds is 1. The number of hydrogen-bond donors (Lipinski definition) is 0. The quantitative estimate of drug-likeness (QED) is 0.617. The van der Waals surface area contributed by atoms with Gasteiger partial charge in [-0.2, -0.15) is 0 Å². The van der Waals surface area contributed by atoms with Crippen LogP contribution in [0.4, 0.5) is 0 Å². The van der Waals surface area contributed by atoms with Crippen molar-refractivity contribution in [1.29, 1.82) is 0 Å². The van der Waals surface area contributed by atoms with E-state index in [1.54, 1.807) is 6.08 Å². The zero-order valence-corrected chi connectivity index (χ0v) is 9.66. The second-order valence-electron chi connectivity index (χ2n) is 5.95. The fraction of sp³-hybridized carbons (Fsp3) is 0.846. The van der Waals surface area contributed by atoms with Crippen LogP contribution in [0.1, 0.15) is 33.1 Å². The Labute approximate surface area is 91.6 Å². The Bertz CT molecular complexity index is 297. The van der Waals surface area contributed by atoms with Crippen LogP contribution in [0.2, 0.25) is 0 Å². The summed E-state index contributed by atoms with van der Waals surface area (Å²) in [7, 11) is 0. The van der Waals surface area contributed by atoms with Crippen molar-refractivity contribution in [3.05, 3.63) is 12.7 Å². The van der Waals surface area contributed by atoms with Gasteiger partial charge in [0, 0.05) is 0 Å². The maximum Gasteiger partial charge on any atom is 0.177 e. The highest BCUT2D eigenvalue weighted by Gasteiger charge is 2.64. The summed E-state index contributed by atoms with van der Waals surface area (Å²) in [5.74, 6) is 1.51. The summed E-state index contributed by atoms with van der Waals surface area (Å²) in [5, 5.41) is 0. The molecule has 2 aliphatic carbocycles. The first-order valence-corrected chi connectivity index (χ1v) is 6.00. The maximum atomic E-state index is 6.09. The largest absolute Gasteiger partial charge is 0.346 e. The molecule has 4 atom stereocenters. The monoisotopic (exact) mass is 208 g/mol. The van der Waals surface area contributed by atoms with E-state index in [4.69, 9.17) is 9.47 Å². The van der Waals surface area contributed by atoms with Gasteiger partial charge in [-0.15, -0.1) is 0 Å². The summed E-state index contributed by atoms with van der Waals surface area (Å²) in [6.45, 7) is 9.31. The Hall–Kier alpha value is -0.340. The first kappa shape index (κ1) is 9.86. The first-order valence-electron chi connectivity index (χ1n) is 6.00. The van der Waals surface area contributed by atoms with Crippen molar-refractivity contribution in [2.24, 2.45) is 17.3 Å². The van der Waals surface area contributed by atoms with Crippen molar-refractivity contribution in [3.8, 4) is 0 Å². The lowest BCUT2D eigenvalue weighted by Gasteiger charge is -2.33. The van der Waals surface area contributed by atoms with Crippen LogP contribution in [0.5, 0.6) is 0 Å². The maximum absolute atomic E-state index is 6.09. The van der Waals surface area contributed by atoms with E-state index in [0.717, 1.165) is 12.5 Å². The third-order valence-corrected chi connectivity index (χ3v) is 5.02. The second-order valence-corrected chi connectivity index (χ2v) is 5.95. The molecular formula is C13H20O2. The fourth-order valence-electron chi connectivity index (χ4n) is 4.19. The van der Waals surface area contributed by atoms with E-state index >= 15 is 0 Å². The van der Waals surface area contributed by atoms with Crippen molar-refractivity contribution in [1.82, 2.24) is 0 Å². The second kappa shape index (κ2) is 2.86. The van der Waals surface area contributed by atoms with Gasteiger partial charge < -0.3 is 9.47 Å². The molecule has 3 fully saturated rings. The van der Waals surface area contributed by atoms with E-state index < -0.39 is 0 Å². The lowest BCUT2D eigenvalue weighted by molar-refractivity contribution is -0.0861. The van der Waals surface area contributed by atoms with Gasteiger partial charge in [-0.05, 0) is 42.6 Å². The number of ether oxygens (including phenoxy) is 2. The van der Waals surface area contributed by atoms with Gasteiger partial charge in [-0.1, -0.05) is 20.4 Å². The van der Waals surface area contributed by atoms with Gasteiger partial charge in [0.2, 0.25) is 0 Å². The standard InChI is InChI=1S/C13H20O2/c1-4-11-14-8-13(15-11)7-9-5-6-10(13)12(9,2)3/h4,9-11H,1,5-8H2,2-3H3/t9-,10-,11?,13-/m1/s1. The molecule has 2 bridgehead atoms. The van der Waals surface area contributed by atoms with Gasteiger partial charge in [0.1, 0.15) is 0 Å². The third-order valence-electron chi connectivity index (χ3n) is 5.02. The molecule has 3 rings (SSSR count). The topological polar surface area (TPSA) is 18.5 Å². The average Bonchev–Trinajstić information content (AvgIpc) is 2.78. The molecule has 0 N–H and O–H groups in total. The predicted octanol–water partition coefficient (Wildman–Crippen LogP) is 2.74. The molecule has 2 heteroatoms. The molecule has 1 unspecified atom stereocenters. The highest BCUT2D eigenvalue weighted by Crippen LogP contribution is 2.64. The predicted molar refractivity (Wildman–Crippen MR) is 58.4 cm³/mol. The Kier molecular flexibility index (Phi) is 1.88. The van der Waals surface area contributed by atoms with E-state index in [1.807, 2.05) is 0 Å². The van der Waals surface area contributed by atoms with Crippen LogP contribution in [0.3, 0.4) is 0 Å². The summed E-state index contributed by atoms with van der Waals surface area (Å²) in [5.41, 5.74) is 0.463. The Morgan fingerprint density at radius 3 is 2.60 bits per heavy atom. The molecule has 0 aromatic heterocycles. The minimum Gasteiger partial charge on any atom is -0.346 e. The van der Waals surface area contributed by atoms with Crippen molar-refractivity contribution in [3.63, 3.8) is 0 Å². The van der Waals surface area contributed by atoms with Gasteiger partial charge in [0.15, 0.2) is 6.29 Å². The molecule has 1 spiro atoms. The Balaban J connectivity index is 1.88. The molecule has 2 nitrogen and oxygen atoms in total. The molecule has 84 valence electrons. The summed E-state index contributed by atoms with van der Waals surface area (Å²) >= 11 is 0. The number of hydrogen-bond acceptors (Lipinski definition) is 2. The molecule has 0 amide bonds. The van der Waals surface area contributed by atoms with Crippen LogP contribution < -0.4 is 0 Å². The molecule has 15 heavy (non-hydrogen) atoms. The van der Waals surface area contributed by atoms with Gasteiger partial charge in [0.25, 0.3) is 0 Å². The van der Waals surface area contributed by atoms with E-state index in [-0.39, 0.29) is 11.9 Å². The van der Waals surface area contributed by atoms with Crippen LogP contribution in [-0.2, 0) is 9.47 Å². The molecule has 1 aliphatic heterocycles. The zero-order chi connectivity index (χ0) is 10.7. The van der Waals surface area contributed by atoms with Gasteiger partial charge in [-0.3, -0.25) is 0 Å². The van der Waals surface area contributed by atoms with E-state index in [1.165, 1.54) is 19.3 Å². The van der Waals surface area contributed by atoms with Crippen LogP contribution >= 0.6 is 0 Å². The van der Waals surface area contributed by atoms with Crippen molar-refractivity contribution >= 4 is 0 Å². The molecular weight excluding hydrogens is 188 g/mol. The summed E-state index contributed by atoms with van der Waals surface area (Å²) in [6, 6.07) is 0. The fourth-order valence-corrected chi connectivity index (χ4v) is 4.19. The van der Waals surface area contributed by atoms with Crippen molar-refractivity contribution < 1.29 is 9.47 Å². The van der Waals surface area contributed by atoms with Gasteiger partial charge in [0.05, 0.1) is 12.2 Å². The lowest BCUT2D eigenvalue weighted by atomic mass is 9.78. The molecule has 1 heterocycles. The highest BCUT2D eigenvalue weighted by atomic mass is 16.7. The van der Waals surface area contributed by atoms with Crippen LogP contribution in [-0.4, -0.2) is 18.5 Å². The van der Waals surface area contributed by atoms with Crippen LogP contribution in [0, 0.1) is 17.3 Å². The first-order chi connectivity index (χ1) is 7.08. The van der Waals surface area contributed by atoms with Crippen LogP contribution in [0.25, 0.3) is 0 Å². The van der Waals surface area contributed by atoms with Crippen molar-refractivity contribution in [2.45, 2.75) is 45.0 Å². The molecule has 0 aromatic carbocycles. The van der Waals surface area contributed by atoms with E-state index in [0.29, 0.717) is 11.3 Å². The molecule has 0 radical (unpaired) electrons. The Morgan fingerprint density at radius 2 is 2.13 bits per heavy atom. The lowest BCUT2D eigenvalue weighted by Crippen LogP contribution is -2.40. The SMILES string of the molecule is C=CC1OC[C@@]2(C[C@H]3CC[C@@H]2C3(C)C)O1. The summed E-state index contributed by atoms with van der Waals surface area (Å²) in [6.07, 6.45) is 5.48. The molecule has 0 aromatic rings. The van der Waals surface area contributed by atoms with Crippen LogP contribution in [0.15, 0.2) is 12.7 Å².